The topological polar surface area (TPSA) is 144 Å². The van der Waals surface area contributed by atoms with Gasteiger partial charge in [0.25, 0.3) is 5.91 Å². The first-order chi connectivity index (χ1) is 18.7. The van der Waals surface area contributed by atoms with Gasteiger partial charge in [0.15, 0.2) is 0 Å². The largest absolute Gasteiger partial charge is 0.387 e. The molecule has 1 atom stereocenters. The van der Waals surface area contributed by atoms with Gasteiger partial charge in [-0.3, -0.25) is 9.78 Å². The molecule has 5 rings (SSSR count). The van der Waals surface area contributed by atoms with Crippen molar-refractivity contribution in [3.8, 4) is 28.7 Å². The van der Waals surface area contributed by atoms with Crippen LogP contribution in [0, 0.1) is 11.3 Å². The van der Waals surface area contributed by atoms with E-state index in [0.717, 1.165) is 16.8 Å². The van der Waals surface area contributed by atoms with Crippen molar-refractivity contribution in [3.63, 3.8) is 0 Å². The molecule has 0 saturated heterocycles. The number of amides is 1. The van der Waals surface area contributed by atoms with Gasteiger partial charge in [0, 0.05) is 11.9 Å². The fraction of sp³-hybridized carbons (Fsp3) is 0.179. The number of imidazole rings is 1. The highest BCUT2D eigenvalue weighted by Crippen LogP contribution is 2.29. The molecule has 0 aliphatic carbocycles. The number of carbonyl (C=O) groups is 1. The summed E-state index contributed by atoms with van der Waals surface area (Å²) in [6.45, 7) is 2.32. The lowest BCUT2D eigenvalue weighted by molar-refractivity contribution is -0.00177. The predicted molar refractivity (Wildman–Crippen MR) is 144 cm³/mol. The summed E-state index contributed by atoms with van der Waals surface area (Å²) in [5.41, 5.74) is 3.89. The van der Waals surface area contributed by atoms with Crippen LogP contribution in [0.3, 0.4) is 0 Å². The Balaban J connectivity index is 1.49. The van der Waals surface area contributed by atoms with Crippen LogP contribution in [0.4, 0.5) is 15.8 Å². The lowest BCUT2D eigenvalue weighted by Crippen LogP contribution is -2.42. The first kappa shape index (κ1) is 25.6. The lowest BCUT2D eigenvalue weighted by atomic mass is 10.0. The van der Waals surface area contributed by atoms with E-state index in [1.165, 1.54) is 26.2 Å². The Labute approximate surface area is 223 Å². The van der Waals surface area contributed by atoms with E-state index in [4.69, 9.17) is 0 Å². The number of aliphatic hydroxyl groups is 1. The van der Waals surface area contributed by atoms with E-state index in [2.05, 4.69) is 36.8 Å². The van der Waals surface area contributed by atoms with Crippen LogP contribution in [-0.4, -0.2) is 53.9 Å². The number of hydrogen-bond donors (Lipinski definition) is 4. The van der Waals surface area contributed by atoms with Gasteiger partial charge < -0.3 is 20.7 Å². The number of halogens is 1. The summed E-state index contributed by atoms with van der Waals surface area (Å²) in [6.07, 6.45) is 4.55. The zero-order chi connectivity index (χ0) is 27.6. The van der Waals surface area contributed by atoms with Gasteiger partial charge in [-0.25, -0.2) is 13.9 Å². The summed E-state index contributed by atoms with van der Waals surface area (Å²) in [6, 6.07) is 16.7. The second-order valence-corrected chi connectivity index (χ2v) is 9.53. The molecule has 4 N–H and O–H groups in total. The summed E-state index contributed by atoms with van der Waals surface area (Å²) >= 11 is 0. The molecule has 1 aromatic carbocycles. The standard InChI is InChI=1S/C28H25FN8O2/c1-28(2,39)26(29)15-33-27(38)21-13-32-23(25-8-7-20-9-17(11-30)12-35-37(20)25)10-22(21)36-19-5-3-18(4-6-19)24-14-31-16-34-24/h3-10,12-14,16,26,39H,15H2,1-2H3,(H,31,34)(H,32,36)(H,33,38). The third kappa shape index (κ3) is 5.46. The molecule has 1 unspecified atom stereocenters. The van der Waals surface area contributed by atoms with Gasteiger partial charge in [0.1, 0.15) is 12.2 Å². The average molecular weight is 525 g/mol. The summed E-state index contributed by atoms with van der Waals surface area (Å²) < 4.78 is 16.0. The van der Waals surface area contributed by atoms with Crippen molar-refractivity contribution in [1.82, 2.24) is 29.9 Å². The van der Waals surface area contributed by atoms with Crippen molar-refractivity contribution in [1.29, 1.82) is 5.26 Å². The number of fused-ring (bicyclic) bond motifs is 1. The fourth-order valence-corrected chi connectivity index (χ4v) is 3.96. The quantitative estimate of drug-likeness (QED) is 0.238. The highest BCUT2D eigenvalue weighted by atomic mass is 19.1. The van der Waals surface area contributed by atoms with Crippen LogP contribution in [0.5, 0.6) is 0 Å². The van der Waals surface area contributed by atoms with E-state index in [-0.39, 0.29) is 12.1 Å². The number of pyridine rings is 1. The molecule has 39 heavy (non-hydrogen) atoms. The number of aromatic amines is 1. The lowest BCUT2D eigenvalue weighted by Gasteiger charge is -2.22. The van der Waals surface area contributed by atoms with Crippen LogP contribution in [0.25, 0.3) is 28.2 Å². The van der Waals surface area contributed by atoms with E-state index >= 15 is 0 Å². The first-order valence-corrected chi connectivity index (χ1v) is 12.1. The minimum Gasteiger partial charge on any atom is -0.387 e. The van der Waals surface area contributed by atoms with Crippen LogP contribution < -0.4 is 10.6 Å². The van der Waals surface area contributed by atoms with Crippen molar-refractivity contribution >= 4 is 22.8 Å². The average Bonchev–Trinajstić information content (AvgIpc) is 3.61. The molecule has 0 spiro atoms. The van der Waals surface area contributed by atoms with Crippen molar-refractivity contribution in [2.24, 2.45) is 0 Å². The number of nitrogens with one attached hydrogen (secondary N) is 3. The number of H-pyrrole nitrogens is 1. The van der Waals surface area contributed by atoms with Crippen LogP contribution in [0.2, 0.25) is 0 Å². The van der Waals surface area contributed by atoms with Gasteiger partial charge in [-0.2, -0.15) is 10.4 Å². The number of hydrogen-bond acceptors (Lipinski definition) is 7. The predicted octanol–water partition coefficient (Wildman–Crippen LogP) is 4.24. The van der Waals surface area contributed by atoms with Crippen LogP contribution in [-0.2, 0) is 0 Å². The molecule has 0 aliphatic heterocycles. The summed E-state index contributed by atoms with van der Waals surface area (Å²) in [4.78, 5) is 24.7. The maximum absolute atomic E-state index is 14.3. The first-order valence-electron chi connectivity index (χ1n) is 12.1. The molecule has 0 bridgehead atoms. The number of aromatic nitrogens is 5. The molecule has 0 aliphatic rings. The second-order valence-electron chi connectivity index (χ2n) is 9.53. The minimum atomic E-state index is -1.66. The maximum Gasteiger partial charge on any atom is 0.255 e. The zero-order valence-electron chi connectivity index (χ0n) is 21.2. The van der Waals surface area contributed by atoms with Gasteiger partial charge in [-0.05, 0) is 55.8 Å². The number of rotatable bonds is 8. The van der Waals surface area contributed by atoms with Crippen LogP contribution in [0.1, 0.15) is 29.8 Å². The zero-order valence-corrected chi connectivity index (χ0v) is 21.2. The van der Waals surface area contributed by atoms with E-state index < -0.39 is 17.7 Å². The minimum absolute atomic E-state index is 0.194. The molecule has 1 amide bonds. The number of nitrogens with zero attached hydrogens (tertiary/aromatic N) is 5. The third-order valence-electron chi connectivity index (χ3n) is 6.22. The molecule has 4 aromatic heterocycles. The summed E-state index contributed by atoms with van der Waals surface area (Å²) in [5, 5.41) is 29.2. The molecular formula is C28H25FN8O2. The summed E-state index contributed by atoms with van der Waals surface area (Å²) in [7, 11) is 0. The molecule has 0 fully saturated rings. The highest BCUT2D eigenvalue weighted by molar-refractivity contribution is 6.00. The van der Waals surface area contributed by atoms with Crippen molar-refractivity contribution in [2.75, 3.05) is 11.9 Å². The number of nitriles is 1. The molecule has 4 heterocycles. The van der Waals surface area contributed by atoms with E-state index in [1.807, 2.05) is 36.4 Å². The van der Waals surface area contributed by atoms with Gasteiger partial charge in [-0.15, -0.1) is 0 Å². The van der Waals surface area contributed by atoms with Crippen LogP contribution in [0.15, 0.2) is 73.4 Å². The second kappa shape index (κ2) is 10.4. The number of alkyl halides is 1. The van der Waals surface area contributed by atoms with E-state index in [9.17, 15) is 19.6 Å². The Morgan fingerprint density at radius 2 is 1.97 bits per heavy atom. The number of anilines is 2. The normalized spacial score (nSPS) is 12.2. The SMILES string of the molecule is CC(C)(O)C(F)CNC(=O)c1cnc(-c2ccc3cc(C#N)cnn23)cc1Nc1ccc(-c2cnc[nH]2)cc1. The maximum atomic E-state index is 14.3. The molecule has 196 valence electrons. The Hall–Kier alpha value is -5.08. The third-order valence-corrected chi connectivity index (χ3v) is 6.22. The van der Waals surface area contributed by atoms with Gasteiger partial charge >= 0.3 is 0 Å². The molecule has 0 radical (unpaired) electrons. The smallest absolute Gasteiger partial charge is 0.255 e. The Morgan fingerprint density at radius 3 is 2.67 bits per heavy atom. The Morgan fingerprint density at radius 1 is 1.18 bits per heavy atom. The Bertz CT molecular complexity index is 1670. The monoisotopic (exact) mass is 524 g/mol. The molecule has 11 heteroatoms. The van der Waals surface area contributed by atoms with Crippen molar-refractivity contribution in [2.45, 2.75) is 25.6 Å². The number of benzene rings is 1. The fourth-order valence-electron chi connectivity index (χ4n) is 3.96. The molecule has 0 saturated carbocycles. The molecule has 5 aromatic rings. The summed E-state index contributed by atoms with van der Waals surface area (Å²) in [5.74, 6) is -0.547. The van der Waals surface area contributed by atoms with Crippen molar-refractivity contribution in [3.05, 3.63) is 84.6 Å². The highest BCUT2D eigenvalue weighted by Gasteiger charge is 2.27. The van der Waals surface area contributed by atoms with Gasteiger partial charge in [0.05, 0.1) is 70.3 Å². The van der Waals surface area contributed by atoms with Crippen LogP contribution >= 0.6 is 0 Å². The molecule has 10 nitrogen and oxygen atoms in total. The van der Waals surface area contributed by atoms with Gasteiger partial charge in [0.2, 0.25) is 0 Å². The van der Waals surface area contributed by atoms with Crippen molar-refractivity contribution < 1.29 is 14.3 Å². The molecular weight excluding hydrogens is 499 g/mol. The number of carbonyl (C=O) groups excluding carboxylic acids is 1. The van der Waals surface area contributed by atoms with E-state index in [1.54, 1.807) is 29.2 Å². The Kier molecular flexibility index (Phi) is 6.79. The van der Waals surface area contributed by atoms with E-state index in [0.29, 0.717) is 28.3 Å². The van der Waals surface area contributed by atoms with Gasteiger partial charge in [-0.1, -0.05) is 12.1 Å².